The Bertz CT molecular complexity index is 1800. The van der Waals surface area contributed by atoms with Gasteiger partial charge in [0.15, 0.2) is 9.84 Å². The van der Waals surface area contributed by atoms with E-state index in [1.807, 2.05) is 0 Å². The number of carbonyl (C=O) groups excluding carboxylic acids is 3. The average molecular weight is 576 g/mol. The van der Waals surface area contributed by atoms with Crippen LogP contribution >= 0.6 is 0 Å². The summed E-state index contributed by atoms with van der Waals surface area (Å²) >= 11 is 0. The number of furan rings is 1. The number of hydrogen-bond acceptors (Lipinski definition) is 11. The summed E-state index contributed by atoms with van der Waals surface area (Å²) in [4.78, 5) is 38.1. The third kappa shape index (κ3) is 6.25. The SMILES string of the molecule is CS(=O)(=O)c1ccc(COc2cccc(-c3ccoc3C(=O)OC(=O)c3ccc(O)c(C#N)c3C(=O)NN)c2)cc1. The maximum atomic E-state index is 12.9. The van der Waals surface area contributed by atoms with E-state index < -0.39 is 50.1 Å². The molecule has 0 radical (unpaired) electrons. The number of nitrogen functional groups attached to an aromatic ring is 1. The molecule has 0 atom stereocenters. The number of amides is 1. The van der Waals surface area contributed by atoms with Crippen LogP contribution in [-0.4, -0.2) is 37.6 Å². The zero-order chi connectivity index (χ0) is 29.7. The average Bonchev–Trinajstić information content (AvgIpc) is 3.46. The number of nitrogens with two attached hydrogens (primary N) is 1. The minimum atomic E-state index is -3.32. The number of esters is 2. The van der Waals surface area contributed by atoms with Gasteiger partial charge in [-0.05, 0) is 53.6 Å². The summed E-state index contributed by atoms with van der Waals surface area (Å²) in [7, 11) is -3.32. The highest BCUT2D eigenvalue weighted by Crippen LogP contribution is 2.30. The number of rotatable bonds is 8. The molecule has 13 heteroatoms. The second kappa shape index (κ2) is 11.7. The lowest BCUT2D eigenvalue weighted by Crippen LogP contribution is -2.32. The minimum Gasteiger partial charge on any atom is -0.507 e. The number of benzene rings is 3. The second-order valence-electron chi connectivity index (χ2n) is 8.54. The molecule has 1 aromatic heterocycles. The summed E-state index contributed by atoms with van der Waals surface area (Å²) in [6.45, 7) is 0.137. The Kier molecular flexibility index (Phi) is 8.18. The highest BCUT2D eigenvalue weighted by Gasteiger charge is 2.28. The van der Waals surface area contributed by atoms with Gasteiger partial charge >= 0.3 is 11.9 Å². The van der Waals surface area contributed by atoms with E-state index in [0.29, 0.717) is 11.3 Å². The maximum Gasteiger partial charge on any atom is 0.382 e. The van der Waals surface area contributed by atoms with E-state index in [-0.39, 0.29) is 22.8 Å². The van der Waals surface area contributed by atoms with Crippen molar-refractivity contribution < 1.29 is 41.8 Å². The van der Waals surface area contributed by atoms with Gasteiger partial charge < -0.3 is 19.0 Å². The van der Waals surface area contributed by atoms with Crippen LogP contribution in [0.15, 0.2) is 82.3 Å². The molecule has 0 aliphatic rings. The van der Waals surface area contributed by atoms with E-state index in [0.717, 1.165) is 24.0 Å². The van der Waals surface area contributed by atoms with Crippen LogP contribution in [0.4, 0.5) is 0 Å². The number of phenols is 1. The molecule has 0 aliphatic heterocycles. The monoisotopic (exact) mass is 575 g/mol. The molecular weight excluding hydrogens is 554 g/mol. The lowest BCUT2D eigenvalue weighted by molar-refractivity contribution is 0.0374. The van der Waals surface area contributed by atoms with E-state index in [9.17, 15) is 33.2 Å². The van der Waals surface area contributed by atoms with Crippen molar-refractivity contribution in [1.82, 2.24) is 5.43 Å². The van der Waals surface area contributed by atoms with Crippen LogP contribution in [0.3, 0.4) is 0 Å². The largest absolute Gasteiger partial charge is 0.507 e. The first-order valence-electron chi connectivity index (χ1n) is 11.7. The Balaban J connectivity index is 1.53. The fourth-order valence-corrected chi connectivity index (χ4v) is 4.45. The fourth-order valence-electron chi connectivity index (χ4n) is 3.82. The number of phenolic OH excluding ortho intramolecular Hbond substituents is 1. The van der Waals surface area contributed by atoms with Gasteiger partial charge in [0, 0.05) is 11.8 Å². The first kappa shape index (κ1) is 28.6. The number of hydrazine groups is 1. The predicted octanol–water partition coefficient (Wildman–Crippen LogP) is 3.11. The number of ether oxygens (including phenoxy) is 2. The summed E-state index contributed by atoms with van der Waals surface area (Å²) in [5, 5.41) is 19.2. The van der Waals surface area contributed by atoms with Crippen molar-refractivity contribution >= 4 is 27.7 Å². The second-order valence-corrected chi connectivity index (χ2v) is 10.6. The Morgan fingerprint density at radius 1 is 1.05 bits per heavy atom. The molecule has 41 heavy (non-hydrogen) atoms. The molecule has 208 valence electrons. The Morgan fingerprint density at radius 2 is 1.78 bits per heavy atom. The van der Waals surface area contributed by atoms with Crippen molar-refractivity contribution in [3.63, 3.8) is 0 Å². The van der Waals surface area contributed by atoms with Crippen molar-refractivity contribution in [2.45, 2.75) is 11.5 Å². The number of nitriles is 1. The molecule has 0 spiro atoms. The van der Waals surface area contributed by atoms with Gasteiger partial charge in [0.05, 0.1) is 22.3 Å². The van der Waals surface area contributed by atoms with E-state index in [4.69, 9.17) is 19.7 Å². The van der Waals surface area contributed by atoms with Gasteiger partial charge in [-0.2, -0.15) is 5.26 Å². The molecular formula is C28H21N3O9S. The van der Waals surface area contributed by atoms with Gasteiger partial charge in [-0.25, -0.2) is 23.8 Å². The first-order chi connectivity index (χ1) is 19.5. The molecule has 3 aromatic carbocycles. The van der Waals surface area contributed by atoms with E-state index in [1.54, 1.807) is 47.9 Å². The fraction of sp³-hybridized carbons (Fsp3) is 0.0714. The number of sulfone groups is 1. The molecule has 4 N–H and O–H groups in total. The lowest BCUT2D eigenvalue weighted by atomic mass is 10.00. The number of aromatic hydroxyl groups is 1. The zero-order valence-electron chi connectivity index (χ0n) is 21.3. The Labute approximate surface area is 233 Å². The van der Waals surface area contributed by atoms with Crippen LogP contribution in [0.1, 0.15) is 42.4 Å². The van der Waals surface area contributed by atoms with Crippen molar-refractivity contribution in [3.8, 4) is 28.7 Å². The molecule has 12 nitrogen and oxygen atoms in total. The molecule has 0 unspecified atom stereocenters. The highest BCUT2D eigenvalue weighted by molar-refractivity contribution is 7.90. The third-order valence-electron chi connectivity index (χ3n) is 5.81. The lowest BCUT2D eigenvalue weighted by Gasteiger charge is -2.11. The molecule has 1 amide bonds. The van der Waals surface area contributed by atoms with Crippen LogP contribution in [-0.2, 0) is 21.2 Å². The van der Waals surface area contributed by atoms with Gasteiger partial charge in [0.25, 0.3) is 5.91 Å². The van der Waals surface area contributed by atoms with E-state index in [1.165, 1.54) is 24.5 Å². The zero-order valence-corrected chi connectivity index (χ0v) is 22.1. The summed E-state index contributed by atoms with van der Waals surface area (Å²) in [5.74, 6) is 1.15. The molecule has 0 bridgehead atoms. The van der Waals surface area contributed by atoms with Crippen molar-refractivity contribution in [1.29, 1.82) is 5.26 Å². The first-order valence-corrected chi connectivity index (χ1v) is 13.6. The van der Waals surface area contributed by atoms with Crippen molar-refractivity contribution in [2.24, 2.45) is 5.84 Å². The molecule has 0 saturated heterocycles. The third-order valence-corrected chi connectivity index (χ3v) is 6.94. The van der Waals surface area contributed by atoms with Gasteiger partial charge in [0.2, 0.25) is 5.76 Å². The van der Waals surface area contributed by atoms with Gasteiger partial charge in [-0.1, -0.05) is 24.3 Å². The molecule has 0 fully saturated rings. The van der Waals surface area contributed by atoms with Crippen LogP contribution < -0.4 is 16.0 Å². The quantitative estimate of drug-likeness (QED) is 0.0917. The van der Waals surface area contributed by atoms with Crippen molar-refractivity contribution in [3.05, 3.63) is 101 Å². The maximum absolute atomic E-state index is 12.9. The van der Waals surface area contributed by atoms with Crippen LogP contribution in [0.2, 0.25) is 0 Å². The minimum absolute atomic E-state index is 0.137. The smallest absolute Gasteiger partial charge is 0.382 e. The van der Waals surface area contributed by atoms with E-state index >= 15 is 0 Å². The molecule has 0 aliphatic carbocycles. The molecule has 1 heterocycles. The van der Waals surface area contributed by atoms with Crippen LogP contribution in [0.5, 0.6) is 11.5 Å². The summed E-state index contributed by atoms with van der Waals surface area (Å²) in [5.41, 5.74) is 1.68. The Hall–Kier alpha value is -5.45. The summed E-state index contributed by atoms with van der Waals surface area (Å²) < 4.78 is 39.3. The standard InChI is InChI=1S/C28H21N3O9S/c1-41(36,37)19-7-5-16(6-8-19)15-39-18-4-2-3-17(13-18)20-11-12-38-25(20)28(35)40-27(34)21-9-10-23(32)22(14-29)24(21)26(33)31-30/h2-13,32H,15,30H2,1H3,(H,31,33). The van der Waals surface area contributed by atoms with E-state index in [2.05, 4.69) is 0 Å². The summed E-state index contributed by atoms with van der Waals surface area (Å²) in [6, 6.07) is 18.0. The van der Waals surface area contributed by atoms with Crippen LogP contribution in [0.25, 0.3) is 11.1 Å². The number of nitrogens with zero attached hydrogens (tertiary/aromatic N) is 1. The summed E-state index contributed by atoms with van der Waals surface area (Å²) in [6.07, 6.45) is 2.34. The number of carbonyl (C=O) groups is 3. The highest BCUT2D eigenvalue weighted by atomic mass is 32.2. The number of hydrogen-bond donors (Lipinski definition) is 3. The van der Waals surface area contributed by atoms with Gasteiger partial charge in [-0.3, -0.25) is 10.2 Å². The Morgan fingerprint density at radius 3 is 2.44 bits per heavy atom. The molecule has 0 saturated carbocycles. The van der Waals surface area contributed by atoms with Gasteiger partial charge in [-0.15, -0.1) is 0 Å². The molecule has 4 rings (SSSR count). The van der Waals surface area contributed by atoms with Gasteiger partial charge in [0.1, 0.15) is 29.7 Å². The predicted molar refractivity (Wildman–Crippen MR) is 142 cm³/mol. The topological polar surface area (TPSA) is 199 Å². The van der Waals surface area contributed by atoms with Crippen molar-refractivity contribution in [2.75, 3.05) is 6.26 Å². The van der Waals surface area contributed by atoms with Crippen LogP contribution in [0, 0.1) is 11.3 Å². The number of nitrogens with one attached hydrogen (secondary N) is 1. The molecule has 4 aromatic rings. The normalized spacial score (nSPS) is 10.9.